The SMILES string of the molecule is CC(C)(C)CCOC(=O)N1CC[C@]1(Cc1ccccc1)C(=O)[O-]. The molecule has 0 unspecified atom stereocenters. The molecule has 0 radical (unpaired) electrons. The standard InChI is InChI=1S/C18H25NO4/c1-17(2,3)10-12-23-16(22)19-11-9-18(19,15(20)21)13-14-7-5-4-6-8-14/h4-8H,9-13H2,1-3H3,(H,20,21)/p-1/t18-/m0/s1. The molecule has 0 aromatic heterocycles. The molecule has 5 heteroatoms. The molecule has 1 aliphatic rings. The maximum atomic E-state index is 12.2. The second-order valence-corrected chi connectivity index (χ2v) is 7.31. The molecule has 0 bridgehead atoms. The number of carboxylic acids is 1. The van der Waals surface area contributed by atoms with E-state index in [4.69, 9.17) is 4.74 Å². The van der Waals surface area contributed by atoms with Gasteiger partial charge in [0.25, 0.3) is 0 Å². The third-order valence-electron chi connectivity index (χ3n) is 4.28. The summed E-state index contributed by atoms with van der Waals surface area (Å²) in [6.45, 7) is 6.85. The number of nitrogens with zero attached hydrogens (tertiary/aromatic N) is 1. The molecule has 126 valence electrons. The van der Waals surface area contributed by atoms with Crippen LogP contribution >= 0.6 is 0 Å². The number of likely N-dealkylation sites (tertiary alicyclic amines) is 1. The van der Waals surface area contributed by atoms with E-state index in [9.17, 15) is 14.7 Å². The lowest BCUT2D eigenvalue weighted by Crippen LogP contribution is -2.71. The van der Waals surface area contributed by atoms with Crippen LogP contribution in [0.1, 0.15) is 39.2 Å². The Labute approximate surface area is 137 Å². The fraction of sp³-hybridized carbons (Fsp3) is 0.556. The average Bonchev–Trinajstić information content (AvgIpc) is 2.42. The zero-order valence-corrected chi connectivity index (χ0v) is 14.0. The fourth-order valence-electron chi connectivity index (χ4n) is 2.68. The van der Waals surface area contributed by atoms with Gasteiger partial charge in [-0.05, 0) is 23.8 Å². The summed E-state index contributed by atoms with van der Waals surface area (Å²) in [7, 11) is 0. The molecule has 0 saturated carbocycles. The Balaban J connectivity index is 2.03. The highest BCUT2D eigenvalue weighted by Crippen LogP contribution is 2.34. The average molecular weight is 318 g/mol. The monoisotopic (exact) mass is 318 g/mol. The first-order valence-electron chi connectivity index (χ1n) is 7.94. The molecule has 0 aliphatic carbocycles. The van der Waals surface area contributed by atoms with E-state index in [1.807, 2.05) is 30.3 Å². The number of carboxylic acid groups (broad SMARTS) is 1. The minimum atomic E-state index is -1.29. The van der Waals surface area contributed by atoms with Crippen molar-refractivity contribution in [3.05, 3.63) is 35.9 Å². The van der Waals surface area contributed by atoms with Crippen LogP contribution in [-0.4, -0.2) is 35.7 Å². The van der Waals surface area contributed by atoms with Crippen LogP contribution in [0.15, 0.2) is 30.3 Å². The van der Waals surface area contributed by atoms with Crippen molar-refractivity contribution in [3.63, 3.8) is 0 Å². The third kappa shape index (κ3) is 4.03. The van der Waals surface area contributed by atoms with E-state index in [1.54, 1.807) is 0 Å². The van der Waals surface area contributed by atoms with E-state index in [2.05, 4.69) is 20.8 Å². The minimum absolute atomic E-state index is 0.0602. The number of carbonyl (C=O) groups is 2. The van der Waals surface area contributed by atoms with Crippen molar-refractivity contribution < 1.29 is 19.4 Å². The van der Waals surface area contributed by atoms with Gasteiger partial charge in [-0.1, -0.05) is 51.1 Å². The summed E-state index contributed by atoms with van der Waals surface area (Å²) in [5.74, 6) is -1.22. The number of hydrogen-bond acceptors (Lipinski definition) is 4. The summed E-state index contributed by atoms with van der Waals surface area (Å²) in [5, 5.41) is 11.7. The maximum absolute atomic E-state index is 12.2. The van der Waals surface area contributed by atoms with E-state index in [1.165, 1.54) is 4.90 Å². The smallest absolute Gasteiger partial charge is 0.410 e. The molecule has 1 aromatic carbocycles. The third-order valence-corrected chi connectivity index (χ3v) is 4.28. The molecule has 1 amide bonds. The molecule has 5 nitrogen and oxygen atoms in total. The van der Waals surface area contributed by atoms with Crippen molar-refractivity contribution in [3.8, 4) is 0 Å². The van der Waals surface area contributed by atoms with Gasteiger partial charge in [0.15, 0.2) is 0 Å². The highest BCUT2D eigenvalue weighted by molar-refractivity contribution is 5.85. The normalized spacial score (nSPS) is 20.7. The quantitative estimate of drug-likeness (QED) is 0.832. The Kier molecular flexibility index (Phi) is 4.97. The minimum Gasteiger partial charge on any atom is -0.548 e. The first-order chi connectivity index (χ1) is 10.7. The molecule has 1 saturated heterocycles. The van der Waals surface area contributed by atoms with Gasteiger partial charge >= 0.3 is 6.09 Å². The van der Waals surface area contributed by atoms with Crippen molar-refractivity contribution in [2.24, 2.45) is 5.41 Å². The summed E-state index contributed by atoms with van der Waals surface area (Å²) in [5.41, 5.74) is -0.367. The van der Waals surface area contributed by atoms with E-state index in [0.717, 1.165) is 12.0 Å². The lowest BCUT2D eigenvalue weighted by molar-refractivity contribution is -0.323. The Hall–Kier alpha value is -2.04. The first kappa shape index (κ1) is 17.3. The van der Waals surface area contributed by atoms with Crippen LogP contribution in [0.25, 0.3) is 0 Å². The molecule has 1 fully saturated rings. The number of hydrogen-bond donors (Lipinski definition) is 0. The first-order valence-corrected chi connectivity index (χ1v) is 7.94. The van der Waals surface area contributed by atoms with E-state index in [0.29, 0.717) is 13.0 Å². The van der Waals surface area contributed by atoms with Gasteiger partial charge in [-0.2, -0.15) is 0 Å². The molecule has 1 atom stereocenters. The van der Waals surface area contributed by atoms with Crippen LogP contribution in [-0.2, 0) is 16.0 Å². The number of amides is 1. The fourth-order valence-corrected chi connectivity index (χ4v) is 2.68. The highest BCUT2D eigenvalue weighted by atomic mass is 16.6. The Morgan fingerprint density at radius 2 is 1.91 bits per heavy atom. The summed E-state index contributed by atoms with van der Waals surface area (Å²) in [6.07, 6.45) is 0.785. The van der Waals surface area contributed by atoms with Gasteiger partial charge < -0.3 is 14.6 Å². The Morgan fingerprint density at radius 3 is 2.39 bits per heavy atom. The number of carbonyl (C=O) groups excluding carboxylic acids is 2. The van der Waals surface area contributed by atoms with Crippen LogP contribution in [0.3, 0.4) is 0 Å². The van der Waals surface area contributed by atoms with Gasteiger partial charge in [0.05, 0.1) is 18.1 Å². The molecule has 1 aliphatic heterocycles. The summed E-state index contributed by atoms with van der Waals surface area (Å²) < 4.78 is 5.26. The number of ether oxygens (including phenoxy) is 1. The highest BCUT2D eigenvalue weighted by Gasteiger charge is 2.49. The predicted molar refractivity (Wildman–Crippen MR) is 84.6 cm³/mol. The van der Waals surface area contributed by atoms with Crippen LogP contribution in [0.2, 0.25) is 0 Å². The predicted octanol–water partition coefficient (Wildman–Crippen LogP) is 2.00. The van der Waals surface area contributed by atoms with Gasteiger partial charge in [-0.3, -0.25) is 4.90 Å². The lowest BCUT2D eigenvalue weighted by atomic mass is 9.79. The van der Waals surface area contributed by atoms with Crippen molar-refractivity contribution in [1.82, 2.24) is 4.90 Å². The molecular formula is C18H24NO4-. The van der Waals surface area contributed by atoms with Crippen LogP contribution in [0.4, 0.5) is 4.79 Å². The van der Waals surface area contributed by atoms with Crippen molar-refractivity contribution in [2.75, 3.05) is 13.2 Å². The second-order valence-electron chi connectivity index (χ2n) is 7.31. The van der Waals surface area contributed by atoms with Crippen LogP contribution < -0.4 is 5.11 Å². The lowest BCUT2D eigenvalue weighted by Gasteiger charge is -2.52. The van der Waals surface area contributed by atoms with Gasteiger partial charge in [-0.25, -0.2) is 4.79 Å². The van der Waals surface area contributed by atoms with E-state index >= 15 is 0 Å². The van der Waals surface area contributed by atoms with Crippen molar-refractivity contribution in [1.29, 1.82) is 0 Å². The topological polar surface area (TPSA) is 69.7 Å². The molecule has 0 spiro atoms. The molecule has 2 rings (SSSR count). The summed E-state index contributed by atoms with van der Waals surface area (Å²) in [4.78, 5) is 25.2. The largest absolute Gasteiger partial charge is 0.548 e. The second kappa shape index (κ2) is 6.60. The number of rotatable bonds is 5. The summed E-state index contributed by atoms with van der Waals surface area (Å²) in [6, 6.07) is 9.28. The van der Waals surface area contributed by atoms with Crippen molar-refractivity contribution in [2.45, 2.75) is 45.6 Å². The molecule has 0 N–H and O–H groups in total. The molecular weight excluding hydrogens is 294 g/mol. The van der Waals surface area contributed by atoms with Gasteiger partial charge in [-0.15, -0.1) is 0 Å². The molecule has 23 heavy (non-hydrogen) atoms. The number of benzene rings is 1. The van der Waals surface area contributed by atoms with Gasteiger partial charge in [0, 0.05) is 13.0 Å². The van der Waals surface area contributed by atoms with E-state index in [-0.39, 0.29) is 18.4 Å². The zero-order valence-electron chi connectivity index (χ0n) is 14.0. The van der Waals surface area contributed by atoms with Crippen LogP contribution in [0, 0.1) is 5.41 Å². The van der Waals surface area contributed by atoms with E-state index < -0.39 is 17.6 Å². The number of aliphatic carboxylic acids is 1. The zero-order chi connectivity index (χ0) is 17.1. The Morgan fingerprint density at radius 1 is 1.26 bits per heavy atom. The molecule has 1 aromatic rings. The van der Waals surface area contributed by atoms with Crippen molar-refractivity contribution >= 4 is 12.1 Å². The Bertz CT molecular complexity index is 564. The van der Waals surface area contributed by atoms with Crippen LogP contribution in [0.5, 0.6) is 0 Å². The van der Waals surface area contributed by atoms with Gasteiger partial charge in [0.1, 0.15) is 0 Å². The maximum Gasteiger partial charge on any atom is 0.410 e. The molecule has 1 heterocycles. The van der Waals surface area contributed by atoms with Gasteiger partial charge in [0.2, 0.25) is 0 Å². The summed E-state index contributed by atoms with van der Waals surface area (Å²) >= 11 is 0.